The Bertz CT molecular complexity index is 1120. The van der Waals surface area contributed by atoms with Gasteiger partial charge in [-0.05, 0) is 50.9 Å². The van der Waals surface area contributed by atoms with Crippen LogP contribution >= 0.6 is 0 Å². The van der Waals surface area contributed by atoms with Gasteiger partial charge < -0.3 is 5.11 Å². The lowest BCUT2D eigenvalue weighted by atomic mass is 10.1. The SMILES string of the molecule is O=C(N/N=C/c1ccc2nonc2c1)c1cc2ccccc2cc1O. The van der Waals surface area contributed by atoms with Gasteiger partial charge in [-0.1, -0.05) is 30.3 Å². The summed E-state index contributed by atoms with van der Waals surface area (Å²) in [4.78, 5) is 12.2. The van der Waals surface area contributed by atoms with Gasteiger partial charge in [0.25, 0.3) is 5.91 Å². The summed E-state index contributed by atoms with van der Waals surface area (Å²) in [6.07, 6.45) is 1.48. The molecule has 0 aliphatic rings. The first kappa shape index (κ1) is 14.8. The zero-order valence-corrected chi connectivity index (χ0v) is 12.9. The maximum Gasteiger partial charge on any atom is 0.275 e. The van der Waals surface area contributed by atoms with Crippen LogP contribution in [-0.4, -0.2) is 27.5 Å². The van der Waals surface area contributed by atoms with Gasteiger partial charge in [-0.15, -0.1) is 0 Å². The van der Waals surface area contributed by atoms with Crippen molar-refractivity contribution in [2.45, 2.75) is 0 Å². The molecule has 0 saturated carbocycles. The third-order valence-corrected chi connectivity index (χ3v) is 3.77. The number of carbonyl (C=O) groups excluding carboxylic acids is 1. The summed E-state index contributed by atoms with van der Waals surface area (Å²) in [7, 11) is 0. The number of carbonyl (C=O) groups is 1. The van der Waals surface area contributed by atoms with Gasteiger partial charge in [0.05, 0.1) is 11.8 Å². The molecule has 0 fully saturated rings. The van der Waals surface area contributed by atoms with Crippen LogP contribution in [-0.2, 0) is 0 Å². The maximum absolute atomic E-state index is 12.2. The average molecular weight is 332 g/mol. The number of nitrogens with zero attached hydrogens (tertiary/aromatic N) is 3. The van der Waals surface area contributed by atoms with Crippen LogP contribution in [0.25, 0.3) is 21.8 Å². The molecule has 0 aliphatic heterocycles. The Labute approximate surface area is 141 Å². The molecule has 0 bridgehead atoms. The van der Waals surface area contributed by atoms with E-state index in [4.69, 9.17) is 0 Å². The fourth-order valence-electron chi connectivity index (χ4n) is 2.52. The third kappa shape index (κ3) is 2.90. The highest BCUT2D eigenvalue weighted by Gasteiger charge is 2.11. The number of hydrogen-bond acceptors (Lipinski definition) is 6. The number of nitrogens with one attached hydrogen (secondary N) is 1. The van der Waals surface area contributed by atoms with Gasteiger partial charge in [-0.25, -0.2) is 10.1 Å². The molecule has 0 aliphatic carbocycles. The Morgan fingerprint density at radius 3 is 2.64 bits per heavy atom. The van der Waals surface area contributed by atoms with Crippen molar-refractivity contribution in [3.63, 3.8) is 0 Å². The van der Waals surface area contributed by atoms with Crippen molar-refractivity contribution in [2.75, 3.05) is 0 Å². The Kier molecular flexibility index (Phi) is 3.59. The van der Waals surface area contributed by atoms with Crippen molar-refractivity contribution in [1.82, 2.24) is 15.7 Å². The molecule has 1 heterocycles. The van der Waals surface area contributed by atoms with Crippen LogP contribution in [0.1, 0.15) is 15.9 Å². The molecule has 0 unspecified atom stereocenters. The Morgan fingerprint density at radius 2 is 1.80 bits per heavy atom. The minimum atomic E-state index is -0.497. The largest absolute Gasteiger partial charge is 0.507 e. The zero-order chi connectivity index (χ0) is 17.2. The summed E-state index contributed by atoms with van der Waals surface area (Å²) < 4.78 is 4.63. The molecular weight excluding hydrogens is 320 g/mol. The number of phenolic OH excluding ortho intramolecular Hbond substituents is 1. The van der Waals surface area contributed by atoms with Crippen LogP contribution in [0.5, 0.6) is 5.75 Å². The van der Waals surface area contributed by atoms with Crippen molar-refractivity contribution < 1.29 is 14.5 Å². The molecule has 1 aromatic heterocycles. The fraction of sp³-hybridized carbons (Fsp3) is 0. The highest BCUT2D eigenvalue weighted by Crippen LogP contribution is 2.24. The number of rotatable bonds is 3. The minimum absolute atomic E-state index is 0.0958. The van der Waals surface area contributed by atoms with Crippen LogP contribution in [0.3, 0.4) is 0 Å². The highest BCUT2D eigenvalue weighted by molar-refractivity contribution is 6.01. The number of aromatic hydroxyl groups is 1. The molecule has 1 amide bonds. The second-order valence-electron chi connectivity index (χ2n) is 5.43. The topological polar surface area (TPSA) is 101 Å². The molecule has 7 heteroatoms. The van der Waals surface area contributed by atoms with Gasteiger partial charge in [0.15, 0.2) is 0 Å². The van der Waals surface area contributed by atoms with Gasteiger partial charge in [0.2, 0.25) is 0 Å². The quantitative estimate of drug-likeness (QED) is 0.444. The van der Waals surface area contributed by atoms with Crippen LogP contribution in [0, 0.1) is 0 Å². The van der Waals surface area contributed by atoms with Crippen molar-refractivity contribution in [1.29, 1.82) is 0 Å². The predicted octanol–water partition coefficient (Wildman–Crippen LogP) is 2.85. The van der Waals surface area contributed by atoms with E-state index in [-0.39, 0.29) is 11.3 Å². The molecule has 25 heavy (non-hydrogen) atoms. The highest BCUT2D eigenvalue weighted by atomic mass is 16.6. The predicted molar refractivity (Wildman–Crippen MR) is 92.5 cm³/mol. The van der Waals surface area contributed by atoms with Gasteiger partial charge in [-0.3, -0.25) is 4.79 Å². The molecule has 122 valence electrons. The monoisotopic (exact) mass is 332 g/mol. The van der Waals surface area contributed by atoms with Crippen molar-refractivity contribution in [2.24, 2.45) is 5.10 Å². The second kappa shape index (κ2) is 6.04. The van der Waals surface area contributed by atoms with E-state index in [1.165, 1.54) is 6.21 Å². The molecular formula is C18H12N4O3. The van der Waals surface area contributed by atoms with E-state index < -0.39 is 5.91 Å². The normalized spacial score (nSPS) is 11.4. The van der Waals surface area contributed by atoms with E-state index >= 15 is 0 Å². The summed E-state index contributed by atoms with van der Waals surface area (Å²) in [5, 5.41) is 23.1. The van der Waals surface area contributed by atoms with Crippen molar-refractivity contribution in [3.05, 3.63) is 65.7 Å². The minimum Gasteiger partial charge on any atom is -0.507 e. The standard InChI is InChI=1S/C18H12N4O3/c23-17-9-13-4-2-1-3-12(13)8-14(17)18(24)20-19-10-11-5-6-15-16(7-11)22-25-21-15/h1-10,23H,(H,20,24)/b19-10+. The lowest BCUT2D eigenvalue weighted by Gasteiger charge is -2.05. The number of aromatic nitrogens is 2. The van der Waals surface area contributed by atoms with Crippen LogP contribution < -0.4 is 5.43 Å². The number of fused-ring (bicyclic) bond motifs is 2. The first-order valence-corrected chi connectivity index (χ1v) is 7.48. The smallest absolute Gasteiger partial charge is 0.275 e. The molecule has 4 rings (SSSR count). The average Bonchev–Trinajstić information content (AvgIpc) is 3.09. The summed E-state index contributed by atoms with van der Waals surface area (Å²) in [5.41, 5.74) is 4.53. The molecule has 0 spiro atoms. The summed E-state index contributed by atoms with van der Waals surface area (Å²) in [6, 6.07) is 15.9. The van der Waals surface area contributed by atoms with Crippen molar-refractivity contribution in [3.8, 4) is 5.75 Å². The molecule has 2 N–H and O–H groups in total. The lowest BCUT2D eigenvalue weighted by molar-refractivity contribution is 0.0952. The summed E-state index contributed by atoms with van der Waals surface area (Å²) >= 11 is 0. The van der Waals surface area contributed by atoms with E-state index in [1.54, 1.807) is 30.3 Å². The second-order valence-corrected chi connectivity index (χ2v) is 5.43. The number of amides is 1. The molecule has 3 aromatic carbocycles. The van der Waals surface area contributed by atoms with E-state index in [9.17, 15) is 9.90 Å². The van der Waals surface area contributed by atoms with E-state index in [0.29, 0.717) is 11.0 Å². The zero-order valence-electron chi connectivity index (χ0n) is 12.9. The van der Waals surface area contributed by atoms with E-state index in [0.717, 1.165) is 16.3 Å². The molecule has 0 saturated heterocycles. The molecule has 0 radical (unpaired) electrons. The molecule has 4 aromatic rings. The molecule has 0 atom stereocenters. The van der Waals surface area contributed by atoms with Crippen LogP contribution in [0.15, 0.2) is 64.3 Å². The van der Waals surface area contributed by atoms with Crippen molar-refractivity contribution >= 4 is 33.9 Å². The van der Waals surface area contributed by atoms with Gasteiger partial charge in [0, 0.05) is 0 Å². The van der Waals surface area contributed by atoms with Gasteiger partial charge in [-0.2, -0.15) is 5.10 Å². The fourth-order valence-corrected chi connectivity index (χ4v) is 2.52. The van der Waals surface area contributed by atoms with Gasteiger partial charge >= 0.3 is 0 Å². The first-order valence-electron chi connectivity index (χ1n) is 7.48. The third-order valence-electron chi connectivity index (χ3n) is 3.77. The summed E-state index contributed by atoms with van der Waals surface area (Å²) in [5.74, 6) is -0.592. The Hall–Kier alpha value is -3.74. The van der Waals surface area contributed by atoms with Crippen LogP contribution in [0.4, 0.5) is 0 Å². The Balaban J connectivity index is 1.54. The molecule has 7 nitrogen and oxygen atoms in total. The number of benzene rings is 3. The van der Waals surface area contributed by atoms with Gasteiger partial charge in [0.1, 0.15) is 16.8 Å². The first-order chi connectivity index (χ1) is 12.2. The Morgan fingerprint density at radius 1 is 1.04 bits per heavy atom. The van der Waals surface area contributed by atoms with E-state index in [2.05, 4.69) is 25.5 Å². The maximum atomic E-state index is 12.2. The lowest BCUT2D eigenvalue weighted by Crippen LogP contribution is -2.17. The van der Waals surface area contributed by atoms with E-state index in [1.807, 2.05) is 24.3 Å². The van der Waals surface area contributed by atoms with Crippen LogP contribution in [0.2, 0.25) is 0 Å². The summed E-state index contributed by atoms with van der Waals surface area (Å²) in [6.45, 7) is 0. The number of phenols is 1. The number of hydrazone groups is 1. The number of hydrogen-bond donors (Lipinski definition) is 2.